The lowest BCUT2D eigenvalue weighted by atomic mass is 10.1. The van der Waals surface area contributed by atoms with Crippen molar-refractivity contribution in [3.8, 4) is 0 Å². The van der Waals surface area contributed by atoms with Gasteiger partial charge in [-0.25, -0.2) is 9.69 Å². The number of hydrogen-bond acceptors (Lipinski definition) is 3. The molecule has 0 radical (unpaired) electrons. The van der Waals surface area contributed by atoms with Crippen molar-refractivity contribution in [2.45, 2.75) is 19.1 Å². The molecule has 4 nitrogen and oxygen atoms in total. The van der Waals surface area contributed by atoms with Crippen LogP contribution in [-0.4, -0.2) is 22.9 Å². The molecule has 124 valence electrons. The molecule has 2 aromatic rings. The Morgan fingerprint density at radius 3 is 2.56 bits per heavy atom. The number of aliphatic imine (C=N–C) groups is 1. The molecule has 2 aromatic carbocycles. The zero-order chi connectivity index (χ0) is 17.1. The number of allylic oxidation sites excluding steroid dienone is 2. The van der Waals surface area contributed by atoms with Gasteiger partial charge in [-0.2, -0.15) is 0 Å². The van der Waals surface area contributed by atoms with E-state index >= 15 is 0 Å². The molecular weight excluding hydrogens is 312 g/mol. The third kappa shape index (κ3) is 3.11. The minimum absolute atomic E-state index is 0.0236. The first-order chi connectivity index (χ1) is 12.3. The number of hydrogen-bond donors (Lipinski definition) is 0. The molecule has 0 saturated carbocycles. The molecule has 1 amide bonds. The highest BCUT2D eigenvalue weighted by atomic mass is 16.6. The molecule has 1 atom stereocenters. The molecule has 0 fully saturated rings. The number of nitrogens with zero attached hydrogens (tertiary/aromatic N) is 2. The highest BCUT2D eigenvalue weighted by Gasteiger charge is 2.36. The predicted molar refractivity (Wildman–Crippen MR) is 97.1 cm³/mol. The van der Waals surface area contributed by atoms with Gasteiger partial charge in [0.1, 0.15) is 12.4 Å². The number of fused-ring (bicyclic) bond motifs is 1. The van der Waals surface area contributed by atoms with E-state index in [-0.39, 0.29) is 12.6 Å². The maximum Gasteiger partial charge on any atom is 0.420 e. The number of amides is 1. The maximum atomic E-state index is 12.8. The van der Waals surface area contributed by atoms with E-state index in [2.05, 4.69) is 6.08 Å². The number of carbonyl (C=O) groups excluding carboxylic acids is 1. The summed E-state index contributed by atoms with van der Waals surface area (Å²) in [6.45, 7) is 0.242. The Balaban J connectivity index is 1.60. The van der Waals surface area contributed by atoms with E-state index in [1.807, 2.05) is 72.8 Å². The largest absolute Gasteiger partial charge is 0.444 e. The molecule has 4 rings (SSSR count). The second-order valence-electron chi connectivity index (χ2n) is 5.97. The van der Waals surface area contributed by atoms with Gasteiger partial charge in [0.15, 0.2) is 0 Å². The van der Waals surface area contributed by atoms with Crippen LogP contribution in [0.25, 0.3) is 0 Å². The molecule has 1 heterocycles. The van der Waals surface area contributed by atoms with Crippen LogP contribution in [-0.2, 0) is 11.3 Å². The van der Waals surface area contributed by atoms with Gasteiger partial charge in [-0.1, -0.05) is 72.8 Å². The zero-order valence-electron chi connectivity index (χ0n) is 13.7. The lowest BCUT2D eigenvalue weighted by molar-refractivity contribution is 0.123. The Morgan fingerprint density at radius 1 is 1.08 bits per heavy atom. The molecule has 1 aliphatic carbocycles. The number of rotatable bonds is 3. The van der Waals surface area contributed by atoms with Gasteiger partial charge in [0.05, 0.1) is 11.7 Å². The van der Waals surface area contributed by atoms with Crippen molar-refractivity contribution in [3.63, 3.8) is 0 Å². The van der Waals surface area contributed by atoms with Crippen LogP contribution in [0.15, 0.2) is 89.6 Å². The normalized spacial score (nSPS) is 18.4. The molecule has 0 bridgehead atoms. The van der Waals surface area contributed by atoms with Gasteiger partial charge in [0.2, 0.25) is 0 Å². The van der Waals surface area contributed by atoms with Gasteiger partial charge >= 0.3 is 6.09 Å². The Morgan fingerprint density at radius 2 is 1.80 bits per heavy atom. The van der Waals surface area contributed by atoms with Crippen molar-refractivity contribution >= 4 is 11.9 Å². The molecule has 0 aromatic heterocycles. The Kier molecular flexibility index (Phi) is 4.17. The second kappa shape index (κ2) is 6.77. The minimum atomic E-state index is -0.393. The summed E-state index contributed by atoms with van der Waals surface area (Å²) in [4.78, 5) is 19.2. The monoisotopic (exact) mass is 330 g/mol. The van der Waals surface area contributed by atoms with Crippen molar-refractivity contribution in [1.82, 2.24) is 4.90 Å². The van der Waals surface area contributed by atoms with Crippen molar-refractivity contribution in [3.05, 3.63) is 95.7 Å². The van der Waals surface area contributed by atoms with E-state index in [0.29, 0.717) is 5.84 Å². The third-order valence-corrected chi connectivity index (χ3v) is 4.27. The molecule has 25 heavy (non-hydrogen) atoms. The van der Waals surface area contributed by atoms with Gasteiger partial charge in [0.25, 0.3) is 0 Å². The maximum absolute atomic E-state index is 12.8. The highest BCUT2D eigenvalue weighted by Crippen LogP contribution is 2.30. The fourth-order valence-electron chi connectivity index (χ4n) is 3.04. The molecule has 4 heteroatoms. The molecule has 0 saturated heterocycles. The zero-order valence-corrected chi connectivity index (χ0v) is 13.7. The van der Waals surface area contributed by atoms with Crippen molar-refractivity contribution < 1.29 is 9.53 Å². The van der Waals surface area contributed by atoms with Gasteiger partial charge in [0, 0.05) is 5.56 Å². The molecule has 2 aliphatic rings. The van der Waals surface area contributed by atoms with Crippen LogP contribution in [0.2, 0.25) is 0 Å². The Hall–Kier alpha value is -3.14. The van der Waals surface area contributed by atoms with Crippen molar-refractivity contribution in [2.75, 3.05) is 0 Å². The predicted octanol–water partition coefficient (Wildman–Crippen LogP) is 4.30. The van der Waals surface area contributed by atoms with Gasteiger partial charge in [-0.3, -0.25) is 4.99 Å². The van der Waals surface area contributed by atoms with E-state index in [1.54, 1.807) is 4.90 Å². The summed E-state index contributed by atoms with van der Waals surface area (Å²) in [5.74, 6) is 0.651. The van der Waals surface area contributed by atoms with Gasteiger partial charge in [-0.15, -0.1) is 0 Å². The van der Waals surface area contributed by atoms with E-state index in [9.17, 15) is 4.79 Å². The summed E-state index contributed by atoms with van der Waals surface area (Å²) in [6, 6.07) is 19.4. The van der Waals surface area contributed by atoms with Crippen LogP contribution in [0.5, 0.6) is 0 Å². The highest BCUT2D eigenvalue weighted by molar-refractivity contribution is 6.09. The topological polar surface area (TPSA) is 41.9 Å². The van der Waals surface area contributed by atoms with Gasteiger partial charge in [-0.05, 0) is 18.1 Å². The fourth-order valence-corrected chi connectivity index (χ4v) is 3.04. The minimum Gasteiger partial charge on any atom is -0.444 e. The summed E-state index contributed by atoms with van der Waals surface area (Å²) in [7, 11) is 0. The quantitative estimate of drug-likeness (QED) is 0.842. The second-order valence-corrected chi connectivity index (χ2v) is 5.97. The van der Waals surface area contributed by atoms with Crippen LogP contribution in [0, 0.1) is 0 Å². The van der Waals surface area contributed by atoms with Crippen molar-refractivity contribution in [1.29, 1.82) is 0 Å². The van der Waals surface area contributed by atoms with Crippen molar-refractivity contribution in [2.24, 2.45) is 4.99 Å². The average molecular weight is 330 g/mol. The standard InChI is InChI=1S/C21H18N2O2/c24-21(25-15-16-9-3-1-4-10-16)23-19-14-8-7-13-18(19)22-20(23)17-11-5-2-6-12-17/h1-12,14,18H,13,15H2. The van der Waals surface area contributed by atoms with E-state index in [4.69, 9.17) is 9.73 Å². The molecule has 0 N–H and O–H groups in total. The Bertz CT molecular complexity index is 854. The smallest absolute Gasteiger partial charge is 0.420 e. The molecule has 1 aliphatic heterocycles. The lowest BCUT2D eigenvalue weighted by Crippen LogP contribution is -2.35. The van der Waals surface area contributed by atoms with E-state index < -0.39 is 6.09 Å². The van der Waals surface area contributed by atoms with Crippen LogP contribution < -0.4 is 0 Å². The van der Waals surface area contributed by atoms with Crippen LogP contribution in [0.3, 0.4) is 0 Å². The number of carbonyl (C=O) groups is 1. The first-order valence-electron chi connectivity index (χ1n) is 8.33. The molecule has 1 unspecified atom stereocenters. The summed E-state index contributed by atoms with van der Waals surface area (Å²) in [5.41, 5.74) is 2.75. The SMILES string of the molecule is O=C(OCc1ccccc1)N1C2=CC=CCC2N=C1c1ccccc1. The summed E-state index contributed by atoms with van der Waals surface area (Å²) in [5, 5.41) is 0. The fraction of sp³-hybridized carbons (Fsp3) is 0.143. The number of amidine groups is 1. The molecule has 0 spiro atoms. The Labute approximate surface area is 146 Å². The summed E-state index contributed by atoms with van der Waals surface area (Å²) >= 11 is 0. The number of benzene rings is 2. The first kappa shape index (κ1) is 15.4. The lowest BCUT2D eigenvalue weighted by Gasteiger charge is -2.22. The third-order valence-electron chi connectivity index (χ3n) is 4.27. The summed E-state index contributed by atoms with van der Waals surface area (Å²) < 4.78 is 5.55. The van der Waals surface area contributed by atoms with Crippen LogP contribution in [0.1, 0.15) is 17.5 Å². The summed E-state index contributed by atoms with van der Waals surface area (Å²) in [6.07, 6.45) is 6.38. The van der Waals surface area contributed by atoms with E-state index in [1.165, 1.54) is 0 Å². The van der Waals surface area contributed by atoms with E-state index in [0.717, 1.165) is 23.2 Å². The van der Waals surface area contributed by atoms with Crippen LogP contribution in [0.4, 0.5) is 4.79 Å². The van der Waals surface area contributed by atoms with Gasteiger partial charge < -0.3 is 4.74 Å². The average Bonchev–Trinajstić information content (AvgIpc) is 3.07. The number of ether oxygens (including phenoxy) is 1. The molecular formula is C21H18N2O2. The van der Waals surface area contributed by atoms with Crippen LogP contribution >= 0.6 is 0 Å². The first-order valence-corrected chi connectivity index (χ1v) is 8.33.